The Bertz CT molecular complexity index is 1400. The number of hydrogen-bond donors (Lipinski definition) is 0. The van der Waals surface area contributed by atoms with Crippen LogP contribution in [0.3, 0.4) is 0 Å². The molecule has 1 aliphatic rings. The van der Waals surface area contributed by atoms with Crippen LogP contribution < -0.4 is 4.74 Å². The van der Waals surface area contributed by atoms with Crippen LogP contribution in [0, 0.1) is 0 Å². The van der Waals surface area contributed by atoms with Crippen molar-refractivity contribution in [2.75, 3.05) is 39.5 Å². The second-order valence-corrected chi connectivity index (χ2v) is 25.0. The van der Waals surface area contributed by atoms with Crippen molar-refractivity contribution in [3.63, 3.8) is 0 Å². The minimum absolute atomic E-state index is 0.645. The maximum atomic E-state index is 6.36. The standard InChI is InChI=1S/C27H32N7O2.3CH3.Sn/c1-3-6-25-24(27(33(2)30-25)36-18-15-34-13-16-35-17-14-34)19-20-9-11-21(12-10-20)22-7-4-5-8-23(22)26-28-31-32-29-26;;;;/h4-5,7-12H,3,6,13-19H2,1-2H3;3*1H3;/q-1;;;;+1. The molecule has 2 aromatic heterocycles. The summed E-state index contributed by atoms with van der Waals surface area (Å²) < 4.78 is 15.8. The van der Waals surface area contributed by atoms with E-state index < -0.39 is 18.7 Å². The first-order valence-electron chi connectivity index (χ1n) is 14.3. The SMILES string of the molecule is CCCc1nn(C)c(OCCN2CCOCC2)c1Cc1ccc(-c2ccccc2-c2nnn[n]2[Sn]([CH3])([CH3])[CH3])cc1. The number of aromatic nitrogens is 6. The van der Waals surface area contributed by atoms with E-state index in [1.165, 1.54) is 11.1 Å². The molecular formula is C30H41N7O2Sn. The predicted molar refractivity (Wildman–Crippen MR) is 160 cm³/mol. The second-order valence-electron chi connectivity index (χ2n) is 11.4. The Morgan fingerprint density at radius 2 is 1.70 bits per heavy atom. The number of aryl methyl sites for hydroxylation is 2. The molecule has 0 aliphatic carbocycles. The molecule has 0 saturated carbocycles. The van der Waals surface area contributed by atoms with Crippen LogP contribution in [-0.4, -0.2) is 91.2 Å². The Morgan fingerprint density at radius 3 is 2.40 bits per heavy atom. The molecule has 0 bridgehead atoms. The summed E-state index contributed by atoms with van der Waals surface area (Å²) in [4.78, 5) is 9.35. The van der Waals surface area contributed by atoms with E-state index >= 15 is 0 Å². The average molecular weight is 650 g/mol. The molecule has 0 spiro atoms. The zero-order valence-electron chi connectivity index (χ0n) is 24.4. The van der Waals surface area contributed by atoms with Crippen LogP contribution in [0.4, 0.5) is 0 Å². The number of morpholine rings is 1. The van der Waals surface area contributed by atoms with Gasteiger partial charge in [0.05, 0.1) is 13.2 Å². The van der Waals surface area contributed by atoms with Gasteiger partial charge in [-0.2, -0.15) is 0 Å². The molecule has 10 heteroatoms. The molecule has 4 aromatic rings. The van der Waals surface area contributed by atoms with Crippen molar-refractivity contribution in [2.24, 2.45) is 7.05 Å². The van der Waals surface area contributed by atoms with Gasteiger partial charge in [0.25, 0.3) is 0 Å². The number of ether oxygens (including phenoxy) is 2. The molecule has 212 valence electrons. The molecule has 9 nitrogen and oxygen atoms in total. The normalized spacial score (nSPS) is 14.5. The third-order valence-electron chi connectivity index (χ3n) is 7.33. The van der Waals surface area contributed by atoms with Crippen LogP contribution in [-0.2, 0) is 24.6 Å². The minimum atomic E-state index is -2.56. The van der Waals surface area contributed by atoms with E-state index in [2.05, 4.69) is 93.6 Å². The molecule has 5 rings (SSSR count). The summed E-state index contributed by atoms with van der Waals surface area (Å²) in [5.74, 6) is 1.74. The molecule has 1 fully saturated rings. The fourth-order valence-corrected chi connectivity index (χ4v) is 8.41. The Morgan fingerprint density at radius 1 is 0.975 bits per heavy atom. The number of rotatable bonds is 11. The summed E-state index contributed by atoms with van der Waals surface area (Å²) in [5, 5.41) is 17.7. The topological polar surface area (TPSA) is 83.1 Å². The molecule has 40 heavy (non-hydrogen) atoms. The van der Waals surface area contributed by atoms with Gasteiger partial charge in [-0.25, -0.2) is 0 Å². The van der Waals surface area contributed by atoms with Crippen LogP contribution in [0.1, 0.15) is 30.2 Å². The van der Waals surface area contributed by atoms with E-state index in [1.807, 2.05) is 11.7 Å². The molecular weight excluding hydrogens is 609 g/mol. The van der Waals surface area contributed by atoms with Gasteiger partial charge in [0.2, 0.25) is 0 Å². The molecule has 0 unspecified atom stereocenters. The van der Waals surface area contributed by atoms with Crippen LogP contribution in [0.2, 0.25) is 14.8 Å². The first kappa shape index (κ1) is 28.8. The van der Waals surface area contributed by atoms with E-state index in [1.54, 1.807) is 0 Å². The van der Waals surface area contributed by atoms with E-state index in [0.29, 0.717) is 6.61 Å². The first-order valence-corrected chi connectivity index (χ1v) is 24.1. The van der Waals surface area contributed by atoms with Crippen molar-refractivity contribution in [3.05, 3.63) is 65.4 Å². The van der Waals surface area contributed by atoms with Crippen molar-refractivity contribution in [3.8, 4) is 28.4 Å². The van der Waals surface area contributed by atoms with Crippen LogP contribution in [0.5, 0.6) is 5.88 Å². The molecule has 0 N–H and O–H groups in total. The van der Waals surface area contributed by atoms with Gasteiger partial charge in [0.1, 0.15) is 6.61 Å². The summed E-state index contributed by atoms with van der Waals surface area (Å²) >= 11 is -2.56. The summed E-state index contributed by atoms with van der Waals surface area (Å²) in [6.45, 7) is 7.27. The molecule has 3 heterocycles. The Kier molecular flexibility index (Phi) is 9.22. The van der Waals surface area contributed by atoms with Gasteiger partial charge in [-0.3, -0.25) is 4.90 Å². The van der Waals surface area contributed by atoms with Crippen molar-refractivity contribution in [1.82, 2.24) is 33.1 Å². The summed E-state index contributed by atoms with van der Waals surface area (Å²) in [5.41, 5.74) is 6.92. The molecule has 0 atom stereocenters. The number of tetrazole rings is 1. The van der Waals surface area contributed by atoms with E-state index in [-0.39, 0.29) is 0 Å². The fourth-order valence-electron chi connectivity index (χ4n) is 5.24. The summed E-state index contributed by atoms with van der Waals surface area (Å²) in [6, 6.07) is 17.3. The van der Waals surface area contributed by atoms with Gasteiger partial charge in [0, 0.05) is 26.7 Å². The Hall–Kier alpha value is -2.76. The first-order chi connectivity index (χ1) is 19.3. The van der Waals surface area contributed by atoms with Gasteiger partial charge >= 0.3 is 173 Å². The van der Waals surface area contributed by atoms with Gasteiger partial charge in [-0.15, -0.1) is 0 Å². The number of hydrogen-bond acceptors (Lipinski definition) is 7. The fraction of sp³-hybridized carbons (Fsp3) is 0.467. The van der Waals surface area contributed by atoms with Gasteiger partial charge in [0.15, 0.2) is 0 Å². The third-order valence-corrected chi connectivity index (χ3v) is 11.8. The van der Waals surface area contributed by atoms with Gasteiger partial charge in [-0.05, 0) is 0 Å². The molecule has 1 aliphatic heterocycles. The van der Waals surface area contributed by atoms with Crippen LogP contribution in [0.15, 0.2) is 48.5 Å². The molecule has 2 aromatic carbocycles. The quantitative estimate of drug-likeness (QED) is 0.218. The second kappa shape index (κ2) is 12.8. The summed E-state index contributed by atoms with van der Waals surface area (Å²) in [6.07, 6.45) is 2.77. The van der Waals surface area contributed by atoms with Crippen LogP contribution >= 0.6 is 0 Å². The van der Waals surface area contributed by atoms with Crippen LogP contribution in [0.25, 0.3) is 22.5 Å². The third kappa shape index (κ3) is 6.58. The van der Waals surface area contributed by atoms with E-state index in [0.717, 1.165) is 86.2 Å². The van der Waals surface area contributed by atoms with Gasteiger partial charge < -0.3 is 4.74 Å². The van der Waals surface area contributed by atoms with Crippen molar-refractivity contribution < 1.29 is 9.47 Å². The number of benzene rings is 2. The number of nitrogens with zero attached hydrogens (tertiary/aromatic N) is 7. The van der Waals surface area contributed by atoms with Crippen molar-refractivity contribution >= 4 is 18.7 Å². The molecule has 0 radical (unpaired) electrons. The zero-order valence-corrected chi connectivity index (χ0v) is 27.3. The summed E-state index contributed by atoms with van der Waals surface area (Å²) in [7, 11) is 1.99. The van der Waals surface area contributed by atoms with Crippen molar-refractivity contribution in [2.45, 2.75) is 41.0 Å². The Balaban J connectivity index is 1.37. The molecule has 0 amide bonds. The van der Waals surface area contributed by atoms with Crippen molar-refractivity contribution in [1.29, 1.82) is 0 Å². The zero-order chi connectivity index (χ0) is 28.1. The molecule has 1 saturated heterocycles. The average Bonchev–Trinajstić information content (AvgIpc) is 3.56. The maximum absolute atomic E-state index is 6.36. The monoisotopic (exact) mass is 651 g/mol. The van der Waals surface area contributed by atoms with Gasteiger partial charge in [-0.1, -0.05) is 13.3 Å². The van der Waals surface area contributed by atoms with E-state index in [4.69, 9.17) is 14.6 Å². The Labute approximate surface area is 241 Å². The predicted octanol–water partition coefficient (Wildman–Crippen LogP) is 4.68. The van der Waals surface area contributed by atoms with E-state index in [9.17, 15) is 0 Å².